The largest absolute Gasteiger partial charge is 0.370 e. The molecule has 0 unspecified atom stereocenters. The minimum absolute atomic E-state index is 0.359. The highest BCUT2D eigenvalue weighted by Gasteiger charge is 2.22. The van der Waals surface area contributed by atoms with Crippen LogP contribution in [0.15, 0.2) is 30.3 Å². The maximum atomic E-state index is 12.6. The molecule has 3 rings (SSSR count). The Labute approximate surface area is 146 Å². The van der Waals surface area contributed by atoms with Crippen LogP contribution in [0.4, 0.5) is 5.69 Å². The van der Waals surface area contributed by atoms with E-state index in [9.17, 15) is 4.79 Å². The van der Waals surface area contributed by atoms with Crippen LogP contribution in [0.2, 0.25) is 0 Å². The summed E-state index contributed by atoms with van der Waals surface area (Å²) in [5.74, 6) is 1.07. The minimum atomic E-state index is 0.359. The lowest BCUT2D eigenvalue weighted by molar-refractivity contribution is -0.131. The number of anilines is 1. The van der Waals surface area contributed by atoms with Crippen LogP contribution < -0.4 is 4.90 Å². The minimum Gasteiger partial charge on any atom is -0.370 e. The number of para-hydroxylation sites is 1. The molecule has 4 nitrogen and oxygen atoms in total. The number of likely N-dealkylation sites (tertiary alicyclic amines) is 1. The molecule has 1 aromatic rings. The lowest BCUT2D eigenvalue weighted by atomic mass is 9.93. The molecule has 2 saturated heterocycles. The monoisotopic (exact) mass is 329 g/mol. The van der Waals surface area contributed by atoms with E-state index >= 15 is 0 Å². The number of carbonyl (C=O) groups excluding carboxylic acids is 1. The fourth-order valence-electron chi connectivity index (χ4n) is 4.06. The number of nitrogens with zero attached hydrogens (tertiary/aromatic N) is 3. The van der Waals surface area contributed by atoms with Crippen molar-refractivity contribution in [2.45, 2.75) is 32.1 Å². The molecule has 2 fully saturated rings. The normalized spacial score (nSPS) is 23.1. The van der Waals surface area contributed by atoms with Crippen LogP contribution in [0.5, 0.6) is 0 Å². The van der Waals surface area contributed by atoms with Gasteiger partial charge in [-0.1, -0.05) is 18.2 Å². The van der Waals surface area contributed by atoms with Gasteiger partial charge in [0.2, 0.25) is 5.91 Å². The maximum Gasteiger partial charge on any atom is 0.222 e. The summed E-state index contributed by atoms with van der Waals surface area (Å²) in [4.78, 5) is 19.5. The molecule has 2 aliphatic heterocycles. The molecule has 1 atom stereocenters. The second-order valence-electron chi connectivity index (χ2n) is 7.37. The van der Waals surface area contributed by atoms with Crippen molar-refractivity contribution in [1.82, 2.24) is 9.80 Å². The Balaban J connectivity index is 1.46. The summed E-state index contributed by atoms with van der Waals surface area (Å²) in [6.07, 6.45) is 5.42. The first-order valence-corrected chi connectivity index (χ1v) is 9.48. The fraction of sp³-hybridized carbons (Fsp3) is 0.650. The van der Waals surface area contributed by atoms with E-state index in [1.54, 1.807) is 0 Å². The molecule has 0 aliphatic carbocycles. The van der Waals surface area contributed by atoms with E-state index < -0.39 is 0 Å². The average Bonchev–Trinajstić information content (AvgIpc) is 2.87. The zero-order valence-electron chi connectivity index (χ0n) is 15.0. The Morgan fingerprint density at radius 2 is 1.88 bits per heavy atom. The van der Waals surface area contributed by atoms with E-state index in [4.69, 9.17) is 0 Å². The molecule has 2 heterocycles. The summed E-state index contributed by atoms with van der Waals surface area (Å²) in [7, 11) is 2.20. The molecule has 0 N–H and O–H groups in total. The topological polar surface area (TPSA) is 26.8 Å². The van der Waals surface area contributed by atoms with Gasteiger partial charge in [-0.3, -0.25) is 4.79 Å². The van der Waals surface area contributed by atoms with Crippen molar-refractivity contribution in [3.8, 4) is 0 Å². The first-order chi connectivity index (χ1) is 11.7. The van der Waals surface area contributed by atoms with Gasteiger partial charge in [0, 0.05) is 44.8 Å². The van der Waals surface area contributed by atoms with E-state index in [-0.39, 0.29) is 0 Å². The standard InChI is InChI=1S/C20H31N3O/c1-21-12-5-7-18(17-21)10-11-20(24)23-14-6-13-22(15-16-23)19-8-3-2-4-9-19/h2-4,8-9,18H,5-7,10-17H2,1H3/t18-/m0/s1. The number of hydrogen-bond acceptors (Lipinski definition) is 3. The zero-order valence-corrected chi connectivity index (χ0v) is 15.0. The Morgan fingerprint density at radius 1 is 1.04 bits per heavy atom. The van der Waals surface area contributed by atoms with E-state index in [0.717, 1.165) is 52.0 Å². The van der Waals surface area contributed by atoms with Crippen LogP contribution in [-0.4, -0.2) is 62.0 Å². The van der Waals surface area contributed by atoms with Crippen molar-refractivity contribution in [2.75, 3.05) is 51.2 Å². The molecule has 4 heteroatoms. The summed E-state index contributed by atoms with van der Waals surface area (Å²) in [5.41, 5.74) is 1.28. The lowest BCUT2D eigenvalue weighted by Crippen LogP contribution is -2.36. The van der Waals surface area contributed by atoms with Crippen molar-refractivity contribution in [1.29, 1.82) is 0 Å². The summed E-state index contributed by atoms with van der Waals surface area (Å²) >= 11 is 0. The Morgan fingerprint density at radius 3 is 2.67 bits per heavy atom. The third kappa shape index (κ3) is 4.73. The van der Waals surface area contributed by atoms with Crippen LogP contribution >= 0.6 is 0 Å². The molecule has 0 saturated carbocycles. The first kappa shape index (κ1) is 17.3. The van der Waals surface area contributed by atoms with Gasteiger partial charge in [-0.25, -0.2) is 0 Å². The second-order valence-corrected chi connectivity index (χ2v) is 7.37. The molecule has 0 spiro atoms. The first-order valence-electron chi connectivity index (χ1n) is 9.48. The Bertz CT molecular complexity index is 519. The predicted octanol–water partition coefficient (Wildman–Crippen LogP) is 2.85. The molecule has 24 heavy (non-hydrogen) atoms. The molecule has 1 aromatic carbocycles. The van der Waals surface area contributed by atoms with E-state index in [0.29, 0.717) is 11.8 Å². The Kier molecular flexibility index (Phi) is 6.13. The van der Waals surface area contributed by atoms with Gasteiger partial charge >= 0.3 is 0 Å². The predicted molar refractivity (Wildman–Crippen MR) is 99.3 cm³/mol. The van der Waals surface area contributed by atoms with Crippen molar-refractivity contribution in [3.05, 3.63) is 30.3 Å². The summed E-state index contributed by atoms with van der Waals surface area (Å²) in [5, 5.41) is 0. The van der Waals surface area contributed by atoms with Gasteiger partial charge in [-0.05, 0) is 57.3 Å². The smallest absolute Gasteiger partial charge is 0.222 e. The van der Waals surface area contributed by atoms with Gasteiger partial charge in [0.05, 0.1) is 0 Å². The van der Waals surface area contributed by atoms with Crippen molar-refractivity contribution in [3.63, 3.8) is 0 Å². The molecule has 132 valence electrons. The van der Waals surface area contributed by atoms with Crippen LogP contribution in [0.1, 0.15) is 32.1 Å². The quantitative estimate of drug-likeness (QED) is 0.850. The fourth-order valence-corrected chi connectivity index (χ4v) is 4.06. The number of amides is 1. The highest BCUT2D eigenvalue weighted by Crippen LogP contribution is 2.21. The SMILES string of the molecule is CN1CCC[C@@H](CCC(=O)N2CCCN(c3ccccc3)CC2)C1. The third-order valence-electron chi connectivity index (χ3n) is 5.46. The van der Waals surface area contributed by atoms with Gasteiger partial charge in [0.25, 0.3) is 0 Å². The van der Waals surface area contributed by atoms with E-state index in [2.05, 4.69) is 52.1 Å². The van der Waals surface area contributed by atoms with Crippen LogP contribution in [-0.2, 0) is 4.79 Å². The molecule has 1 amide bonds. The van der Waals surface area contributed by atoms with Gasteiger partial charge in [-0.15, -0.1) is 0 Å². The Hall–Kier alpha value is -1.55. The number of rotatable bonds is 4. The van der Waals surface area contributed by atoms with Gasteiger partial charge in [-0.2, -0.15) is 0 Å². The molecule has 2 aliphatic rings. The van der Waals surface area contributed by atoms with Crippen molar-refractivity contribution in [2.24, 2.45) is 5.92 Å². The van der Waals surface area contributed by atoms with Gasteiger partial charge < -0.3 is 14.7 Å². The molecule has 0 bridgehead atoms. The second kappa shape index (κ2) is 8.52. The summed E-state index contributed by atoms with van der Waals surface area (Å²) in [6.45, 7) is 6.13. The number of hydrogen-bond donors (Lipinski definition) is 0. The average molecular weight is 329 g/mol. The maximum absolute atomic E-state index is 12.6. The highest BCUT2D eigenvalue weighted by molar-refractivity contribution is 5.76. The summed E-state index contributed by atoms with van der Waals surface area (Å²) in [6, 6.07) is 10.6. The van der Waals surface area contributed by atoms with Crippen LogP contribution in [0, 0.1) is 5.92 Å². The van der Waals surface area contributed by atoms with Gasteiger partial charge in [0.15, 0.2) is 0 Å². The molecule has 0 radical (unpaired) electrons. The zero-order chi connectivity index (χ0) is 16.8. The highest BCUT2D eigenvalue weighted by atomic mass is 16.2. The summed E-state index contributed by atoms with van der Waals surface area (Å²) < 4.78 is 0. The van der Waals surface area contributed by atoms with Crippen LogP contribution in [0.25, 0.3) is 0 Å². The molecular formula is C20H31N3O. The van der Waals surface area contributed by atoms with Crippen molar-refractivity contribution < 1.29 is 4.79 Å². The lowest BCUT2D eigenvalue weighted by Gasteiger charge is -2.30. The van der Waals surface area contributed by atoms with E-state index in [1.165, 1.54) is 25.1 Å². The number of piperidine rings is 1. The molecule has 0 aromatic heterocycles. The van der Waals surface area contributed by atoms with E-state index in [1.807, 2.05) is 0 Å². The number of benzene rings is 1. The van der Waals surface area contributed by atoms with Crippen molar-refractivity contribution >= 4 is 11.6 Å². The number of carbonyl (C=O) groups is 1. The molecular weight excluding hydrogens is 298 g/mol. The van der Waals surface area contributed by atoms with Gasteiger partial charge in [0.1, 0.15) is 0 Å². The third-order valence-corrected chi connectivity index (χ3v) is 5.46. The van der Waals surface area contributed by atoms with Crippen LogP contribution in [0.3, 0.4) is 0 Å².